The molecule has 0 amide bonds. The van der Waals surface area contributed by atoms with Gasteiger partial charge in [-0.3, -0.25) is 4.57 Å². The smallest absolute Gasteiger partial charge is 0.123 e. The normalized spacial score (nSPS) is 10.6. The van der Waals surface area contributed by atoms with Crippen LogP contribution in [0.3, 0.4) is 0 Å². The highest BCUT2D eigenvalue weighted by atomic mass is 15.1. The maximum Gasteiger partial charge on any atom is 0.123 e. The third-order valence-electron chi connectivity index (χ3n) is 3.34. The lowest BCUT2D eigenvalue weighted by Crippen LogP contribution is -2.12. The molecule has 0 saturated carbocycles. The Balaban J connectivity index is 2.16. The van der Waals surface area contributed by atoms with Crippen molar-refractivity contribution in [3.63, 3.8) is 0 Å². The predicted molar refractivity (Wildman–Crippen MR) is 85.5 cm³/mol. The molecule has 0 bridgehead atoms. The van der Waals surface area contributed by atoms with Gasteiger partial charge in [-0.2, -0.15) is 0 Å². The second kappa shape index (κ2) is 5.28. The van der Waals surface area contributed by atoms with E-state index in [0.717, 1.165) is 22.6 Å². The van der Waals surface area contributed by atoms with Crippen LogP contribution in [0.4, 0.5) is 11.5 Å². The maximum absolute atomic E-state index is 5.78. The standard InChI is InChI=1S/C16H17N5/c1-20(2)13-5-3-4-6-14(13)21-11-18-10-15(21)12-7-8-19-16(17)9-12/h3-11H,1-2H3,(H2,17,19). The van der Waals surface area contributed by atoms with Gasteiger partial charge in [0.1, 0.15) is 5.82 Å². The van der Waals surface area contributed by atoms with Gasteiger partial charge in [0.05, 0.1) is 29.6 Å². The van der Waals surface area contributed by atoms with Crippen molar-refractivity contribution in [1.29, 1.82) is 0 Å². The van der Waals surface area contributed by atoms with Crippen LogP contribution in [0.1, 0.15) is 0 Å². The van der Waals surface area contributed by atoms with E-state index in [1.165, 1.54) is 0 Å². The number of rotatable bonds is 3. The highest BCUT2D eigenvalue weighted by molar-refractivity contribution is 5.69. The molecule has 2 heterocycles. The lowest BCUT2D eigenvalue weighted by Gasteiger charge is -2.19. The van der Waals surface area contributed by atoms with E-state index in [4.69, 9.17) is 5.73 Å². The van der Waals surface area contributed by atoms with Crippen LogP contribution in [0.15, 0.2) is 55.1 Å². The number of anilines is 2. The summed E-state index contributed by atoms with van der Waals surface area (Å²) in [6, 6.07) is 12.0. The highest BCUT2D eigenvalue weighted by Crippen LogP contribution is 2.28. The maximum atomic E-state index is 5.78. The van der Waals surface area contributed by atoms with Crippen molar-refractivity contribution in [3.8, 4) is 16.9 Å². The first-order chi connectivity index (χ1) is 10.2. The van der Waals surface area contributed by atoms with E-state index >= 15 is 0 Å². The molecule has 1 aromatic carbocycles. The molecule has 106 valence electrons. The highest BCUT2D eigenvalue weighted by Gasteiger charge is 2.11. The Morgan fingerprint density at radius 3 is 2.71 bits per heavy atom. The molecular weight excluding hydrogens is 262 g/mol. The molecule has 21 heavy (non-hydrogen) atoms. The van der Waals surface area contributed by atoms with Crippen molar-refractivity contribution in [3.05, 3.63) is 55.1 Å². The molecule has 0 saturated heterocycles. The molecule has 0 atom stereocenters. The number of pyridine rings is 1. The Labute approximate surface area is 123 Å². The summed E-state index contributed by atoms with van der Waals surface area (Å²) >= 11 is 0. The summed E-state index contributed by atoms with van der Waals surface area (Å²) in [7, 11) is 4.06. The topological polar surface area (TPSA) is 60.0 Å². The van der Waals surface area contributed by atoms with E-state index in [9.17, 15) is 0 Å². The van der Waals surface area contributed by atoms with Gasteiger partial charge in [-0.05, 0) is 24.3 Å². The summed E-state index contributed by atoms with van der Waals surface area (Å²) < 4.78 is 2.06. The zero-order chi connectivity index (χ0) is 14.8. The average Bonchev–Trinajstić information content (AvgIpc) is 2.96. The molecule has 0 unspecified atom stereocenters. The quantitative estimate of drug-likeness (QED) is 0.800. The lowest BCUT2D eigenvalue weighted by atomic mass is 10.2. The Bertz CT molecular complexity index is 761. The van der Waals surface area contributed by atoms with Crippen molar-refractivity contribution in [2.45, 2.75) is 0 Å². The van der Waals surface area contributed by atoms with Crippen LogP contribution in [0.2, 0.25) is 0 Å². The summed E-state index contributed by atoms with van der Waals surface area (Å²) in [5.41, 5.74) is 9.96. The number of nitrogens with zero attached hydrogens (tertiary/aromatic N) is 4. The molecule has 0 aliphatic heterocycles. The Morgan fingerprint density at radius 1 is 1.14 bits per heavy atom. The van der Waals surface area contributed by atoms with Crippen LogP contribution < -0.4 is 10.6 Å². The van der Waals surface area contributed by atoms with E-state index in [0.29, 0.717) is 5.82 Å². The number of benzene rings is 1. The van der Waals surface area contributed by atoms with Gasteiger partial charge in [-0.15, -0.1) is 0 Å². The number of nitrogen functional groups attached to an aromatic ring is 1. The summed E-state index contributed by atoms with van der Waals surface area (Å²) in [5, 5.41) is 0. The van der Waals surface area contributed by atoms with Crippen molar-refractivity contribution in [2.24, 2.45) is 0 Å². The van der Waals surface area contributed by atoms with Gasteiger partial charge >= 0.3 is 0 Å². The van der Waals surface area contributed by atoms with E-state index in [-0.39, 0.29) is 0 Å². The number of hydrogen-bond donors (Lipinski definition) is 1. The molecule has 0 aliphatic rings. The number of nitrogens with two attached hydrogens (primary N) is 1. The summed E-state index contributed by atoms with van der Waals surface area (Å²) in [6.45, 7) is 0. The van der Waals surface area contributed by atoms with Crippen LogP contribution in [-0.4, -0.2) is 28.6 Å². The van der Waals surface area contributed by atoms with Gasteiger partial charge in [-0.1, -0.05) is 12.1 Å². The molecular formula is C16H17N5. The molecule has 3 rings (SSSR count). The van der Waals surface area contributed by atoms with Gasteiger partial charge in [0.2, 0.25) is 0 Å². The van der Waals surface area contributed by atoms with Gasteiger partial charge in [0.15, 0.2) is 0 Å². The van der Waals surface area contributed by atoms with Crippen LogP contribution >= 0.6 is 0 Å². The minimum Gasteiger partial charge on any atom is -0.384 e. The van der Waals surface area contributed by atoms with Crippen molar-refractivity contribution in [2.75, 3.05) is 24.7 Å². The molecule has 0 spiro atoms. The third-order valence-corrected chi connectivity index (χ3v) is 3.34. The molecule has 0 aliphatic carbocycles. The predicted octanol–water partition coefficient (Wildman–Crippen LogP) is 2.58. The molecule has 5 heteroatoms. The van der Waals surface area contributed by atoms with Gasteiger partial charge in [-0.25, -0.2) is 9.97 Å². The fraction of sp³-hybridized carbons (Fsp3) is 0.125. The SMILES string of the molecule is CN(C)c1ccccc1-n1cncc1-c1ccnc(N)c1. The molecule has 0 fully saturated rings. The Hall–Kier alpha value is -2.82. The van der Waals surface area contributed by atoms with Gasteiger partial charge in [0, 0.05) is 25.9 Å². The van der Waals surface area contributed by atoms with Crippen molar-refractivity contribution in [1.82, 2.24) is 14.5 Å². The molecule has 2 aromatic heterocycles. The minimum atomic E-state index is 0.501. The van der Waals surface area contributed by atoms with Crippen LogP contribution in [0, 0.1) is 0 Å². The largest absolute Gasteiger partial charge is 0.384 e. The zero-order valence-electron chi connectivity index (χ0n) is 12.1. The fourth-order valence-electron chi connectivity index (χ4n) is 2.35. The number of aromatic nitrogens is 3. The van der Waals surface area contributed by atoms with Crippen molar-refractivity contribution >= 4 is 11.5 Å². The van der Waals surface area contributed by atoms with Crippen molar-refractivity contribution < 1.29 is 0 Å². The molecule has 3 aromatic rings. The second-order valence-corrected chi connectivity index (χ2v) is 5.00. The fourth-order valence-corrected chi connectivity index (χ4v) is 2.35. The first-order valence-electron chi connectivity index (χ1n) is 6.68. The van der Waals surface area contributed by atoms with E-state index in [2.05, 4.69) is 31.6 Å². The Morgan fingerprint density at radius 2 is 1.95 bits per heavy atom. The van der Waals surface area contributed by atoms with E-state index < -0.39 is 0 Å². The third kappa shape index (κ3) is 2.45. The summed E-state index contributed by atoms with van der Waals surface area (Å²) in [5.74, 6) is 0.501. The Kier molecular flexibility index (Phi) is 3.31. The van der Waals surface area contributed by atoms with Gasteiger partial charge < -0.3 is 10.6 Å². The molecule has 5 nitrogen and oxygen atoms in total. The number of para-hydroxylation sites is 2. The molecule has 0 radical (unpaired) electrons. The number of hydrogen-bond acceptors (Lipinski definition) is 4. The van der Waals surface area contributed by atoms with Crippen LogP contribution in [-0.2, 0) is 0 Å². The summed E-state index contributed by atoms with van der Waals surface area (Å²) in [6.07, 6.45) is 5.36. The minimum absolute atomic E-state index is 0.501. The van der Waals surface area contributed by atoms with Crippen LogP contribution in [0.25, 0.3) is 16.9 Å². The van der Waals surface area contributed by atoms with Crippen LogP contribution in [0.5, 0.6) is 0 Å². The lowest BCUT2D eigenvalue weighted by molar-refractivity contribution is 1.03. The van der Waals surface area contributed by atoms with E-state index in [1.54, 1.807) is 6.20 Å². The summed E-state index contributed by atoms with van der Waals surface area (Å²) in [4.78, 5) is 10.4. The zero-order valence-corrected chi connectivity index (χ0v) is 12.1. The second-order valence-electron chi connectivity index (χ2n) is 5.00. The first kappa shape index (κ1) is 13.2. The number of imidazole rings is 1. The average molecular weight is 279 g/mol. The molecule has 2 N–H and O–H groups in total. The van der Waals surface area contributed by atoms with Gasteiger partial charge in [0.25, 0.3) is 0 Å². The monoisotopic (exact) mass is 279 g/mol. The first-order valence-corrected chi connectivity index (χ1v) is 6.68. The van der Waals surface area contributed by atoms with E-state index in [1.807, 2.05) is 50.9 Å².